The van der Waals surface area contributed by atoms with E-state index in [1.807, 2.05) is 0 Å². The molecule has 17 rings (SSSR count). The van der Waals surface area contributed by atoms with Gasteiger partial charge in [-0.3, -0.25) is 19.2 Å². The van der Waals surface area contributed by atoms with E-state index in [0.717, 1.165) is 79.8 Å². The molecule has 2 aromatic heterocycles. The smallest absolute Gasteiger partial charge is 0.220 e. The fourth-order valence-electron chi connectivity index (χ4n) is 18.1. The van der Waals surface area contributed by atoms with Gasteiger partial charge in [0.25, 0.3) is 0 Å². The van der Waals surface area contributed by atoms with E-state index in [1.165, 1.54) is 117 Å². The third-order valence-corrected chi connectivity index (χ3v) is 22.3. The van der Waals surface area contributed by atoms with Gasteiger partial charge in [-0.25, -0.2) is 4.98 Å². The minimum Gasteiger partial charge on any atom is -0.338 e. The summed E-state index contributed by atoms with van der Waals surface area (Å²) in [6.45, 7) is 11.9. The van der Waals surface area contributed by atoms with E-state index in [2.05, 4.69) is 180 Å². The zero-order valence-electron chi connectivity index (χ0n) is 44.3. The van der Waals surface area contributed by atoms with Gasteiger partial charge in [0.05, 0.1) is 43.5 Å². The maximum atomic E-state index is 8.08. The number of anilines is 1. The van der Waals surface area contributed by atoms with E-state index < -0.39 is 0 Å². The van der Waals surface area contributed by atoms with Crippen LogP contribution in [0.4, 0.5) is 5.69 Å². The van der Waals surface area contributed by atoms with E-state index in [0.29, 0.717) is 35.1 Å². The molecule has 4 heterocycles. The van der Waals surface area contributed by atoms with Gasteiger partial charge in [0.1, 0.15) is 6.29 Å². The highest BCUT2D eigenvalue weighted by Gasteiger charge is 2.63. The van der Waals surface area contributed by atoms with Gasteiger partial charge < -0.3 is 4.90 Å². The molecule has 8 aromatic carbocycles. The summed E-state index contributed by atoms with van der Waals surface area (Å²) < 4.78 is 4.79. The largest absolute Gasteiger partial charge is 0.338 e. The molecule has 6 fully saturated rings. The first-order chi connectivity index (χ1) is 37.0. The molecule has 0 amide bonds. The van der Waals surface area contributed by atoms with E-state index in [4.69, 9.17) is 28.2 Å². The number of aromatic nitrogens is 3. The van der Waals surface area contributed by atoms with Crippen LogP contribution in [0.5, 0.6) is 0 Å². The van der Waals surface area contributed by atoms with Crippen LogP contribution in [0.2, 0.25) is 10.0 Å². The first-order valence-corrected chi connectivity index (χ1v) is 29.8. The van der Waals surface area contributed by atoms with Crippen molar-refractivity contribution >= 4 is 99.8 Å². The first-order valence-electron chi connectivity index (χ1n) is 29.0. The van der Waals surface area contributed by atoms with Crippen molar-refractivity contribution in [2.45, 2.75) is 134 Å². The monoisotopic (exact) mass is 1040 g/mol. The standard InChI is InChI=1S/C68H66Cl2N6/c1-35-30-52-57(31-36(35)2)73-53-26-18-38-14-15-39-19-27-55(61(53)59(38)39)76(67(73)72-52)65-47-22-16-40(32-49(47)44-12-8-9-13-46(44)63(65)70)48-33-41-20-28-54-62-56(29-23-45(48)60(41)62)75(64-43-11-7-6-10-37(43)17-24-50(64)69)66-71-51-25-21-42(68(3,4)5)34-58(51)74(54)66/h6-13,16-17,20-25,28-29,32,34-36,38-39,48,52-53,55,57,59,61,67,72H,14-15,18-19,26-27,30-31,33H2,1-5H3. The Morgan fingerprint density at radius 2 is 1.36 bits per heavy atom. The summed E-state index contributed by atoms with van der Waals surface area (Å²) in [6, 6.07) is 48.1. The molecule has 0 bridgehead atoms. The van der Waals surface area contributed by atoms with Crippen LogP contribution in [0.3, 0.4) is 0 Å². The number of nitrogens with zero attached hydrogens (tertiary/aromatic N) is 5. The Balaban J connectivity index is 0.870. The van der Waals surface area contributed by atoms with Gasteiger partial charge >= 0.3 is 0 Å². The highest BCUT2D eigenvalue weighted by Crippen LogP contribution is 2.62. The third kappa shape index (κ3) is 6.06. The number of rotatable bonds is 3. The molecule has 5 aliphatic carbocycles. The Bertz CT molecular complexity index is 4140. The molecule has 6 nitrogen and oxygen atoms in total. The molecular weight excluding hydrogens is 972 g/mol. The van der Waals surface area contributed by atoms with Crippen molar-refractivity contribution in [3.05, 3.63) is 154 Å². The summed E-state index contributed by atoms with van der Waals surface area (Å²) in [4.78, 5) is 11.5. The van der Waals surface area contributed by atoms with Crippen LogP contribution in [0.25, 0.3) is 76.6 Å². The van der Waals surface area contributed by atoms with Crippen molar-refractivity contribution < 1.29 is 0 Å². The third-order valence-electron chi connectivity index (χ3n) is 21.6. The average Bonchev–Trinajstić information content (AvgIpc) is 4.32. The van der Waals surface area contributed by atoms with E-state index >= 15 is 0 Å². The number of hydrogen-bond acceptors (Lipinski definition) is 4. The highest BCUT2D eigenvalue weighted by atomic mass is 35.5. The number of hydrogen-bond donors (Lipinski definition) is 1. The van der Waals surface area contributed by atoms with Crippen LogP contribution < -0.4 is 10.2 Å². The quantitative estimate of drug-likeness (QED) is 0.179. The first kappa shape index (κ1) is 45.4. The minimum atomic E-state index is -0.0291. The number of nitrogens with one attached hydrogen (secondary N) is 1. The van der Waals surface area contributed by atoms with Crippen LogP contribution in [0.15, 0.2) is 121 Å². The lowest BCUT2D eigenvalue weighted by atomic mass is 9.59. The van der Waals surface area contributed by atoms with Crippen molar-refractivity contribution in [2.75, 3.05) is 4.90 Å². The van der Waals surface area contributed by atoms with Gasteiger partial charge in [0, 0.05) is 51.6 Å². The summed E-state index contributed by atoms with van der Waals surface area (Å²) in [5.41, 5.74) is 12.0. The summed E-state index contributed by atoms with van der Waals surface area (Å²) >= 11 is 15.5. The molecule has 7 aliphatic rings. The van der Waals surface area contributed by atoms with Crippen molar-refractivity contribution in [1.82, 2.24) is 24.2 Å². The Kier molecular flexibility index (Phi) is 9.56. The van der Waals surface area contributed by atoms with Gasteiger partial charge in [0.2, 0.25) is 5.78 Å². The number of benzene rings is 8. The summed E-state index contributed by atoms with van der Waals surface area (Å²) in [6.07, 6.45) is 11.9. The van der Waals surface area contributed by atoms with E-state index in [9.17, 15) is 0 Å². The van der Waals surface area contributed by atoms with Gasteiger partial charge in [-0.05, 0) is 179 Å². The maximum absolute atomic E-state index is 8.08. The molecule has 12 unspecified atom stereocenters. The summed E-state index contributed by atoms with van der Waals surface area (Å²) in [5, 5.41) is 16.0. The second kappa shape index (κ2) is 16.0. The molecule has 382 valence electrons. The predicted molar refractivity (Wildman–Crippen MR) is 316 cm³/mol. The van der Waals surface area contributed by atoms with Crippen LogP contribution in [0.1, 0.15) is 114 Å². The molecule has 10 aromatic rings. The Morgan fingerprint density at radius 1 is 0.605 bits per heavy atom. The van der Waals surface area contributed by atoms with Gasteiger partial charge in [-0.15, -0.1) is 0 Å². The number of fused-ring (bicyclic) bond motifs is 12. The van der Waals surface area contributed by atoms with Crippen LogP contribution in [-0.2, 0) is 11.8 Å². The fraction of sp³-hybridized carbons (Fsp3) is 0.397. The summed E-state index contributed by atoms with van der Waals surface area (Å²) in [5.74, 6) is 5.80. The van der Waals surface area contributed by atoms with Crippen molar-refractivity contribution in [1.29, 1.82) is 0 Å². The van der Waals surface area contributed by atoms with Gasteiger partial charge in [-0.1, -0.05) is 143 Å². The number of halogens is 2. The van der Waals surface area contributed by atoms with Gasteiger partial charge in [0.15, 0.2) is 0 Å². The average molecular weight is 1040 g/mol. The molecule has 4 saturated carbocycles. The molecule has 12 atom stereocenters. The Morgan fingerprint density at radius 3 is 2.18 bits per heavy atom. The normalized spacial score (nSPS) is 30.0. The Hall–Kier alpha value is -5.63. The second-order valence-electron chi connectivity index (χ2n) is 26.1. The molecule has 8 heteroatoms. The Labute approximate surface area is 455 Å². The van der Waals surface area contributed by atoms with Crippen LogP contribution in [0, 0.1) is 35.5 Å². The van der Waals surface area contributed by atoms with E-state index in [1.54, 1.807) is 0 Å². The van der Waals surface area contributed by atoms with Crippen molar-refractivity contribution in [3.63, 3.8) is 0 Å². The molecule has 2 aliphatic heterocycles. The lowest BCUT2D eigenvalue weighted by molar-refractivity contribution is -0.0736. The van der Waals surface area contributed by atoms with Gasteiger partial charge in [-0.2, -0.15) is 0 Å². The highest BCUT2D eigenvalue weighted by molar-refractivity contribution is 6.41. The molecule has 2 saturated heterocycles. The molecular formula is C68H66Cl2N6. The minimum absolute atomic E-state index is 0.0291. The lowest BCUT2D eigenvalue weighted by Crippen LogP contribution is -2.72. The zero-order chi connectivity index (χ0) is 50.8. The van der Waals surface area contributed by atoms with E-state index in [-0.39, 0.29) is 17.6 Å². The molecule has 1 N–H and O–H groups in total. The fourth-order valence-corrected chi connectivity index (χ4v) is 18.7. The zero-order valence-corrected chi connectivity index (χ0v) is 45.8. The van der Waals surface area contributed by atoms with Crippen LogP contribution in [-0.4, -0.2) is 49.3 Å². The number of imidazole rings is 1. The topological polar surface area (TPSA) is 40.7 Å². The summed E-state index contributed by atoms with van der Waals surface area (Å²) in [7, 11) is 0. The van der Waals surface area contributed by atoms with Crippen molar-refractivity contribution in [2.24, 2.45) is 35.5 Å². The molecule has 76 heavy (non-hydrogen) atoms. The predicted octanol–water partition coefficient (Wildman–Crippen LogP) is 16.7. The maximum Gasteiger partial charge on any atom is 0.220 e. The lowest BCUT2D eigenvalue weighted by Gasteiger charge is -2.62. The van der Waals surface area contributed by atoms with Crippen molar-refractivity contribution in [3.8, 4) is 5.69 Å². The molecule has 0 spiro atoms. The molecule has 0 radical (unpaired) electrons. The second-order valence-corrected chi connectivity index (χ2v) is 26.9. The SMILES string of the molecule is CC1CC2NC3N(c4c(Cl)c5ccccc5c5cc(C6Cc7ccc8c9c7c6ccc9n(-c6c(Cl)ccc7ccccc67)c6nc7ccc(C(C)(C)C)cc7n86)ccc45)C4CCC5CCC6CCC(C4C56)N3C2CC1C. The van der Waals surface area contributed by atoms with Crippen LogP contribution >= 0.6 is 23.2 Å².